The highest BCUT2D eigenvalue weighted by molar-refractivity contribution is 7.21. The number of nitrogens with zero attached hydrogens (tertiary/aromatic N) is 1. The number of benzene rings is 2. The summed E-state index contributed by atoms with van der Waals surface area (Å²) in [6.07, 6.45) is 0. The van der Waals surface area contributed by atoms with Crippen molar-refractivity contribution in [3.05, 3.63) is 42.5 Å². The van der Waals surface area contributed by atoms with Crippen LogP contribution in [0.1, 0.15) is 0 Å². The van der Waals surface area contributed by atoms with E-state index in [0.717, 1.165) is 20.8 Å². The fourth-order valence-electron chi connectivity index (χ4n) is 2.50. The molecule has 1 aromatic heterocycles. The van der Waals surface area contributed by atoms with Crippen LogP contribution >= 0.6 is 11.3 Å². The smallest absolute Gasteiger partial charge is 0.131 e. The molecule has 0 unspecified atom stereocenters. The molecule has 0 aliphatic heterocycles. The highest BCUT2D eigenvalue weighted by Gasteiger charge is 2.12. The van der Waals surface area contributed by atoms with Crippen LogP contribution in [-0.4, -0.2) is 51.7 Å². The predicted molar refractivity (Wildman–Crippen MR) is 108 cm³/mol. The summed E-state index contributed by atoms with van der Waals surface area (Å²) in [6, 6.07) is 13.7. The molecule has 0 amide bonds. The molecule has 27 heavy (non-hydrogen) atoms. The van der Waals surface area contributed by atoms with E-state index in [4.69, 9.17) is 29.7 Å². The van der Waals surface area contributed by atoms with Gasteiger partial charge in [-0.2, -0.15) is 0 Å². The Morgan fingerprint density at radius 3 is 2.44 bits per heavy atom. The Bertz CT molecular complexity index is 820. The first-order chi connectivity index (χ1) is 13.3. The molecule has 6 nitrogen and oxygen atoms in total. The minimum Gasteiger partial charge on any atom is -0.490 e. The number of fused-ring (bicyclic) bond motifs is 1. The Morgan fingerprint density at radius 1 is 0.926 bits per heavy atom. The molecule has 7 heteroatoms. The number of thiazole rings is 1. The normalized spacial score (nSPS) is 11.1. The summed E-state index contributed by atoms with van der Waals surface area (Å²) < 4.78 is 22.8. The molecular formula is C20H24N2O4S. The molecule has 0 atom stereocenters. The average Bonchev–Trinajstić information content (AvgIpc) is 3.10. The van der Waals surface area contributed by atoms with E-state index in [9.17, 15) is 0 Å². The molecule has 2 N–H and O–H groups in total. The van der Waals surface area contributed by atoms with Crippen molar-refractivity contribution < 1.29 is 18.9 Å². The number of nitrogens with two attached hydrogens (primary N) is 1. The third-order valence-electron chi connectivity index (χ3n) is 3.82. The van der Waals surface area contributed by atoms with Gasteiger partial charge in [-0.3, -0.25) is 0 Å². The van der Waals surface area contributed by atoms with Crippen molar-refractivity contribution >= 4 is 27.2 Å². The number of anilines is 1. The van der Waals surface area contributed by atoms with E-state index in [2.05, 4.69) is 6.07 Å². The van der Waals surface area contributed by atoms with Gasteiger partial charge >= 0.3 is 0 Å². The van der Waals surface area contributed by atoms with Crippen LogP contribution in [0.25, 0.3) is 20.8 Å². The summed E-state index contributed by atoms with van der Waals surface area (Å²) in [4.78, 5) is 4.71. The first-order valence-corrected chi connectivity index (χ1v) is 9.62. The lowest BCUT2D eigenvalue weighted by Gasteiger charge is -2.11. The lowest BCUT2D eigenvalue weighted by atomic mass is 10.2. The highest BCUT2D eigenvalue weighted by atomic mass is 32.1. The maximum absolute atomic E-state index is 5.94. The number of ether oxygens (including phenoxy) is 4. The third kappa shape index (κ3) is 5.64. The van der Waals surface area contributed by atoms with Gasteiger partial charge in [0.2, 0.25) is 0 Å². The maximum Gasteiger partial charge on any atom is 0.131 e. The summed E-state index contributed by atoms with van der Waals surface area (Å²) in [7, 11) is 1.65. The minimum atomic E-state index is 0.430. The van der Waals surface area contributed by atoms with Crippen molar-refractivity contribution in [2.45, 2.75) is 0 Å². The second-order valence-corrected chi connectivity index (χ2v) is 6.84. The standard InChI is InChI=1S/C20H24N2O4S/c1-23-8-9-24-10-11-25-12-13-26-18-14-15(21)6-7-16(18)20-22-17-4-2-3-5-19(17)27-20/h2-7,14H,8-13,21H2,1H3. The highest BCUT2D eigenvalue weighted by Crippen LogP contribution is 2.36. The number of aromatic nitrogens is 1. The predicted octanol–water partition coefficient (Wildman–Crippen LogP) is 3.60. The molecule has 144 valence electrons. The Balaban J connectivity index is 1.55. The zero-order chi connectivity index (χ0) is 18.9. The molecule has 0 bridgehead atoms. The zero-order valence-electron chi connectivity index (χ0n) is 15.3. The molecule has 2 aromatic carbocycles. The van der Waals surface area contributed by atoms with Crippen LogP contribution in [0, 0.1) is 0 Å². The van der Waals surface area contributed by atoms with E-state index in [1.54, 1.807) is 18.4 Å². The number of hydrogen-bond acceptors (Lipinski definition) is 7. The van der Waals surface area contributed by atoms with Gasteiger partial charge in [0.05, 0.1) is 48.8 Å². The quantitative estimate of drug-likeness (QED) is 0.399. The molecule has 0 fully saturated rings. The van der Waals surface area contributed by atoms with Gasteiger partial charge in [0.15, 0.2) is 0 Å². The Hall–Kier alpha value is -2.19. The fraction of sp³-hybridized carbons (Fsp3) is 0.350. The Kier molecular flexibility index (Phi) is 7.41. The maximum atomic E-state index is 5.94. The lowest BCUT2D eigenvalue weighted by molar-refractivity contribution is 0.0180. The summed E-state index contributed by atoms with van der Waals surface area (Å²) >= 11 is 1.64. The van der Waals surface area contributed by atoms with E-state index in [-0.39, 0.29) is 0 Å². The molecule has 0 radical (unpaired) electrons. The summed E-state index contributed by atoms with van der Waals surface area (Å²) in [6.45, 7) is 3.13. The van der Waals surface area contributed by atoms with Crippen molar-refractivity contribution in [3.8, 4) is 16.3 Å². The second-order valence-electron chi connectivity index (χ2n) is 5.81. The SMILES string of the molecule is COCCOCCOCCOc1cc(N)ccc1-c1nc2ccccc2s1. The van der Waals surface area contributed by atoms with Crippen LogP contribution in [0.5, 0.6) is 5.75 Å². The first-order valence-electron chi connectivity index (χ1n) is 8.80. The number of hydrogen-bond donors (Lipinski definition) is 1. The van der Waals surface area contributed by atoms with Gasteiger partial charge in [-0.15, -0.1) is 11.3 Å². The first kappa shape index (κ1) is 19.6. The second kappa shape index (κ2) is 10.2. The van der Waals surface area contributed by atoms with Gasteiger partial charge in [0.25, 0.3) is 0 Å². The molecule has 0 aliphatic carbocycles. The van der Waals surface area contributed by atoms with Gasteiger partial charge in [-0.05, 0) is 24.3 Å². The number of para-hydroxylation sites is 1. The minimum absolute atomic E-state index is 0.430. The molecule has 0 spiro atoms. The van der Waals surface area contributed by atoms with Crippen molar-refractivity contribution in [1.82, 2.24) is 4.98 Å². The van der Waals surface area contributed by atoms with Gasteiger partial charge in [-0.25, -0.2) is 4.98 Å². The van der Waals surface area contributed by atoms with Crippen LogP contribution in [-0.2, 0) is 14.2 Å². The van der Waals surface area contributed by atoms with Crippen LogP contribution in [0.3, 0.4) is 0 Å². The van der Waals surface area contributed by atoms with Crippen molar-refractivity contribution in [2.75, 3.05) is 52.5 Å². The molecular weight excluding hydrogens is 364 g/mol. The van der Waals surface area contributed by atoms with Crippen molar-refractivity contribution in [1.29, 1.82) is 0 Å². The van der Waals surface area contributed by atoms with Crippen LogP contribution in [0.15, 0.2) is 42.5 Å². The number of rotatable bonds is 11. The van der Waals surface area contributed by atoms with Gasteiger partial charge in [0, 0.05) is 18.9 Å². The molecule has 3 rings (SSSR count). The van der Waals surface area contributed by atoms with E-state index < -0.39 is 0 Å². The Labute approximate surface area is 162 Å². The monoisotopic (exact) mass is 388 g/mol. The van der Waals surface area contributed by atoms with E-state index in [1.165, 1.54) is 0 Å². The van der Waals surface area contributed by atoms with Gasteiger partial charge in [-0.1, -0.05) is 12.1 Å². The van der Waals surface area contributed by atoms with E-state index in [0.29, 0.717) is 51.1 Å². The Morgan fingerprint density at radius 2 is 1.67 bits per heavy atom. The summed E-state index contributed by atoms with van der Waals surface area (Å²) in [5, 5.41) is 0.915. The molecule has 0 saturated heterocycles. The molecule has 0 saturated carbocycles. The number of nitrogen functional groups attached to an aromatic ring is 1. The average molecular weight is 388 g/mol. The fourth-order valence-corrected chi connectivity index (χ4v) is 3.49. The van der Waals surface area contributed by atoms with Crippen LogP contribution in [0.4, 0.5) is 5.69 Å². The topological polar surface area (TPSA) is 75.8 Å². The summed E-state index contributed by atoms with van der Waals surface area (Å²) in [5.41, 5.74) is 8.51. The van der Waals surface area contributed by atoms with E-state index >= 15 is 0 Å². The van der Waals surface area contributed by atoms with Gasteiger partial charge in [0.1, 0.15) is 17.4 Å². The van der Waals surface area contributed by atoms with Crippen molar-refractivity contribution in [3.63, 3.8) is 0 Å². The van der Waals surface area contributed by atoms with Crippen molar-refractivity contribution in [2.24, 2.45) is 0 Å². The molecule has 0 aliphatic rings. The zero-order valence-corrected chi connectivity index (χ0v) is 16.2. The third-order valence-corrected chi connectivity index (χ3v) is 4.89. The molecule has 1 heterocycles. The number of methoxy groups -OCH3 is 1. The lowest BCUT2D eigenvalue weighted by Crippen LogP contribution is -2.12. The molecule has 3 aromatic rings. The van der Waals surface area contributed by atoms with Crippen LogP contribution in [0.2, 0.25) is 0 Å². The van der Waals surface area contributed by atoms with Crippen LogP contribution < -0.4 is 10.5 Å². The van der Waals surface area contributed by atoms with E-state index in [1.807, 2.05) is 36.4 Å². The van der Waals surface area contributed by atoms with Gasteiger partial charge < -0.3 is 24.7 Å². The summed E-state index contributed by atoms with van der Waals surface area (Å²) in [5.74, 6) is 0.717. The largest absolute Gasteiger partial charge is 0.490 e.